The molecule has 4 heteroatoms. The third-order valence-corrected chi connectivity index (χ3v) is 2.46. The maximum Gasteiger partial charge on any atom is 0.251 e. The van der Waals surface area contributed by atoms with E-state index in [4.69, 9.17) is 5.73 Å². The third-order valence-electron chi connectivity index (χ3n) is 2.46. The van der Waals surface area contributed by atoms with Crippen LogP contribution in [-0.2, 0) is 0 Å². The van der Waals surface area contributed by atoms with Crippen molar-refractivity contribution in [1.82, 2.24) is 5.32 Å². The van der Waals surface area contributed by atoms with Gasteiger partial charge in [-0.15, -0.1) is 0 Å². The summed E-state index contributed by atoms with van der Waals surface area (Å²) < 4.78 is 0. The first-order valence-electron chi connectivity index (χ1n) is 6.09. The molecule has 0 aliphatic heterocycles. The highest BCUT2D eigenvalue weighted by atomic mass is 16.1. The summed E-state index contributed by atoms with van der Waals surface area (Å²) in [7, 11) is 0. The van der Waals surface area contributed by atoms with E-state index in [-0.39, 0.29) is 5.91 Å². The normalized spacial score (nSPS) is 9.72. The lowest BCUT2D eigenvalue weighted by molar-refractivity contribution is 0.0956. The summed E-state index contributed by atoms with van der Waals surface area (Å²) in [5.41, 5.74) is 9.15. The van der Waals surface area contributed by atoms with Crippen LogP contribution in [0.3, 0.4) is 0 Å². The van der Waals surface area contributed by atoms with Crippen LogP contribution in [0.5, 0.6) is 0 Å². The van der Waals surface area contributed by atoms with E-state index in [1.54, 1.807) is 18.2 Å². The van der Waals surface area contributed by atoms with Crippen LogP contribution < -0.4 is 16.4 Å². The molecule has 0 atom stereocenters. The van der Waals surface area contributed by atoms with Gasteiger partial charge in [0, 0.05) is 18.7 Å². The lowest BCUT2D eigenvalue weighted by Gasteiger charge is -2.10. The summed E-state index contributed by atoms with van der Waals surface area (Å²) in [6, 6.07) is 5.25. The number of hydrogen-bond acceptors (Lipinski definition) is 3. The second-order valence-corrected chi connectivity index (χ2v) is 4.32. The van der Waals surface area contributed by atoms with Gasteiger partial charge in [0.2, 0.25) is 0 Å². The Morgan fingerprint density at radius 2 is 2.11 bits per heavy atom. The molecule has 0 spiro atoms. The highest BCUT2D eigenvalue weighted by Gasteiger charge is 2.06. The summed E-state index contributed by atoms with van der Waals surface area (Å²) in [6.45, 7) is 7.28. The first-order valence-corrected chi connectivity index (χ1v) is 6.09. The van der Waals surface area contributed by atoms with Gasteiger partial charge in [-0.1, -0.05) is 11.6 Å². The Morgan fingerprint density at radius 3 is 2.72 bits per heavy atom. The number of allylic oxidation sites excluding steroid dienone is 1. The van der Waals surface area contributed by atoms with Crippen molar-refractivity contribution >= 4 is 17.3 Å². The van der Waals surface area contributed by atoms with Crippen molar-refractivity contribution in [2.24, 2.45) is 0 Å². The molecule has 18 heavy (non-hydrogen) atoms. The Bertz CT molecular complexity index is 448. The van der Waals surface area contributed by atoms with Gasteiger partial charge in [-0.3, -0.25) is 4.79 Å². The van der Waals surface area contributed by atoms with Gasteiger partial charge in [-0.05, 0) is 39.0 Å². The molecule has 0 aliphatic carbocycles. The SMILES string of the molecule is CCNC(=O)c1ccc(N)c(NCC=C(C)C)c1. The summed E-state index contributed by atoms with van der Waals surface area (Å²) in [4.78, 5) is 11.7. The van der Waals surface area contributed by atoms with E-state index in [9.17, 15) is 4.79 Å². The molecule has 98 valence electrons. The predicted molar refractivity (Wildman–Crippen MR) is 76.8 cm³/mol. The molecule has 1 amide bonds. The molecule has 0 unspecified atom stereocenters. The van der Waals surface area contributed by atoms with E-state index in [0.717, 1.165) is 5.69 Å². The van der Waals surface area contributed by atoms with Gasteiger partial charge in [0.1, 0.15) is 0 Å². The zero-order valence-corrected chi connectivity index (χ0v) is 11.2. The molecule has 0 aromatic heterocycles. The van der Waals surface area contributed by atoms with Gasteiger partial charge in [0.05, 0.1) is 11.4 Å². The van der Waals surface area contributed by atoms with Crippen LogP contribution >= 0.6 is 0 Å². The second kappa shape index (κ2) is 6.69. The van der Waals surface area contributed by atoms with Crippen LogP contribution in [0.25, 0.3) is 0 Å². The number of anilines is 2. The number of benzene rings is 1. The number of carbonyl (C=O) groups excluding carboxylic acids is 1. The number of carbonyl (C=O) groups is 1. The zero-order valence-electron chi connectivity index (χ0n) is 11.2. The van der Waals surface area contributed by atoms with Crippen molar-refractivity contribution in [2.75, 3.05) is 24.1 Å². The van der Waals surface area contributed by atoms with Crippen LogP contribution in [0.4, 0.5) is 11.4 Å². The molecule has 0 radical (unpaired) electrons. The smallest absolute Gasteiger partial charge is 0.251 e. The number of nitrogen functional groups attached to an aromatic ring is 1. The van der Waals surface area contributed by atoms with Crippen molar-refractivity contribution < 1.29 is 4.79 Å². The molecule has 0 bridgehead atoms. The second-order valence-electron chi connectivity index (χ2n) is 4.32. The van der Waals surface area contributed by atoms with Crippen LogP contribution in [0.2, 0.25) is 0 Å². The van der Waals surface area contributed by atoms with E-state index in [1.807, 2.05) is 20.8 Å². The Hall–Kier alpha value is -1.97. The molecule has 1 aromatic rings. The predicted octanol–water partition coefficient (Wildman–Crippen LogP) is 2.40. The van der Waals surface area contributed by atoms with E-state index >= 15 is 0 Å². The van der Waals surface area contributed by atoms with Gasteiger partial charge in [-0.25, -0.2) is 0 Å². The fraction of sp³-hybridized carbons (Fsp3) is 0.357. The summed E-state index contributed by atoms with van der Waals surface area (Å²) in [5.74, 6) is -0.0808. The topological polar surface area (TPSA) is 67.2 Å². The molecule has 0 aliphatic rings. The minimum absolute atomic E-state index is 0.0808. The van der Waals surface area contributed by atoms with Crippen LogP contribution in [0.15, 0.2) is 29.8 Å². The Balaban J connectivity index is 2.81. The molecule has 0 fully saturated rings. The number of rotatable bonds is 5. The van der Waals surface area contributed by atoms with Gasteiger partial charge in [-0.2, -0.15) is 0 Å². The number of amides is 1. The highest BCUT2D eigenvalue weighted by Crippen LogP contribution is 2.19. The molecule has 0 saturated heterocycles. The van der Waals surface area contributed by atoms with Crippen molar-refractivity contribution in [3.8, 4) is 0 Å². The number of hydrogen-bond donors (Lipinski definition) is 3. The van der Waals surface area contributed by atoms with E-state index in [0.29, 0.717) is 24.3 Å². The van der Waals surface area contributed by atoms with Gasteiger partial charge in [0.25, 0.3) is 5.91 Å². The van der Waals surface area contributed by atoms with E-state index < -0.39 is 0 Å². The van der Waals surface area contributed by atoms with E-state index in [2.05, 4.69) is 16.7 Å². The lowest BCUT2D eigenvalue weighted by atomic mass is 10.1. The maximum absolute atomic E-state index is 11.7. The minimum atomic E-state index is -0.0808. The average Bonchev–Trinajstić information content (AvgIpc) is 2.31. The monoisotopic (exact) mass is 247 g/mol. The number of nitrogens with two attached hydrogens (primary N) is 1. The first kappa shape index (κ1) is 14.1. The molecular weight excluding hydrogens is 226 g/mol. The van der Waals surface area contributed by atoms with Gasteiger partial charge < -0.3 is 16.4 Å². The molecular formula is C14H21N3O. The third kappa shape index (κ3) is 4.13. The van der Waals surface area contributed by atoms with E-state index in [1.165, 1.54) is 5.57 Å². The summed E-state index contributed by atoms with van der Waals surface area (Å²) in [6.07, 6.45) is 2.07. The fourth-order valence-corrected chi connectivity index (χ4v) is 1.48. The molecule has 0 saturated carbocycles. The van der Waals surface area contributed by atoms with Gasteiger partial charge in [0.15, 0.2) is 0 Å². The van der Waals surface area contributed by atoms with Crippen molar-refractivity contribution in [3.05, 3.63) is 35.4 Å². The molecule has 1 aromatic carbocycles. The van der Waals surface area contributed by atoms with Gasteiger partial charge >= 0.3 is 0 Å². The Morgan fingerprint density at radius 1 is 1.39 bits per heavy atom. The standard InChI is InChI=1S/C14H21N3O/c1-4-16-14(18)11-5-6-12(15)13(9-11)17-8-7-10(2)3/h5-7,9,17H,4,8,15H2,1-3H3,(H,16,18). The average molecular weight is 247 g/mol. The van der Waals surface area contributed by atoms with Crippen LogP contribution in [0.1, 0.15) is 31.1 Å². The van der Waals surface area contributed by atoms with Crippen molar-refractivity contribution in [3.63, 3.8) is 0 Å². The minimum Gasteiger partial charge on any atom is -0.397 e. The van der Waals surface area contributed by atoms with Crippen LogP contribution in [-0.4, -0.2) is 19.0 Å². The molecule has 4 N–H and O–H groups in total. The molecule has 0 heterocycles. The fourth-order valence-electron chi connectivity index (χ4n) is 1.48. The molecule has 1 rings (SSSR count). The Labute approximate surface area is 108 Å². The Kier molecular flexibility index (Phi) is 5.24. The highest BCUT2D eigenvalue weighted by molar-refractivity contribution is 5.96. The quantitative estimate of drug-likeness (QED) is 0.553. The number of nitrogens with one attached hydrogen (secondary N) is 2. The van der Waals surface area contributed by atoms with Crippen molar-refractivity contribution in [2.45, 2.75) is 20.8 Å². The van der Waals surface area contributed by atoms with Crippen LogP contribution in [0, 0.1) is 0 Å². The summed E-state index contributed by atoms with van der Waals surface area (Å²) >= 11 is 0. The first-order chi connectivity index (χ1) is 8.54. The lowest BCUT2D eigenvalue weighted by Crippen LogP contribution is -2.22. The zero-order chi connectivity index (χ0) is 13.5. The largest absolute Gasteiger partial charge is 0.397 e. The summed E-state index contributed by atoms with van der Waals surface area (Å²) in [5, 5.41) is 5.96. The molecule has 4 nitrogen and oxygen atoms in total. The maximum atomic E-state index is 11.7. The van der Waals surface area contributed by atoms with Crippen molar-refractivity contribution in [1.29, 1.82) is 0 Å².